The van der Waals surface area contributed by atoms with Crippen molar-refractivity contribution in [3.8, 4) is 22.3 Å². The SMILES string of the molecule is Cc1noc(C)c1-c1cc(C(F)(c2cccnc2)c2ncco2)c2nc(C3CC3)[nH]c2c1.Cc1noc(C)c1-c1cc(C(O)(c2cccnc2)c2ncco2)c2nc(C3CC3)[nH]c2c1. The van der Waals surface area contributed by atoms with Gasteiger partial charge in [0.25, 0.3) is 0 Å². The molecule has 2 saturated carbocycles. The maximum absolute atomic E-state index is 17.3. The van der Waals surface area contributed by atoms with Gasteiger partial charge in [0.2, 0.25) is 17.5 Å². The molecule has 15 nitrogen and oxygen atoms in total. The summed E-state index contributed by atoms with van der Waals surface area (Å²) in [6, 6.07) is 14.7. The molecule has 0 radical (unpaired) electrons. The van der Waals surface area contributed by atoms with Crippen LogP contribution >= 0.6 is 0 Å². The standard InChI is InChI=1S/C24H20FN5O2.C24H21N5O3/c1-13-20(14(2)32-30-13)16-10-18(21-19(11-16)28-22(29-21)15-5-6-15)24(25,23-27-8-9-31-23)17-4-3-7-26-12-17;1-13-20(14(2)32-29-13)16-10-18(21-19(11-16)27-22(28-21)15-5-6-15)24(30,23-26-8-9-31-23)17-4-3-7-25-12-17/h3-4,7-12,15H,5-6H2,1-2H3,(H,28,29);3-4,7-12,15,30H,5-6H2,1-2H3,(H,27,28). The van der Waals surface area contributed by atoms with Crippen LogP contribution in [0, 0.1) is 27.7 Å². The zero-order valence-electron chi connectivity index (χ0n) is 35.3. The fraction of sp³-hybridized carbons (Fsp3) is 0.250. The fourth-order valence-corrected chi connectivity index (χ4v) is 8.72. The van der Waals surface area contributed by atoms with Crippen LogP contribution in [0.3, 0.4) is 0 Å². The number of aromatic nitrogens is 10. The summed E-state index contributed by atoms with van der Waals surface area (Å²) in [7, 11) is 0. The van der Waals surface area contributed by atoms with Crippen LogP contribution in [0.15, 0.2) is 116 Å². The molecule has 0 spiro atoms. The van der Waals surface area contributed by atoms with Crippen LogP contribution in [-0.4, -0.2) is 55.3 Å². The zero-order chi connectivity index (χ0) is 43.7. The maximum atomic E-state index is 17.3. The first-order valence-corrected chi connectivity index (χ1v) is 21.1. The minimum absolute atomic E-state index is 0.0707. The van der Waals surface area contributed by atoms with Crippen molar-refractivity contribution >= 4 is 22.1 Å². The minimum atomic E-state index is -2.19. The largest absolute Gasteiger partial charge is 0.445 e. The number of rotatable bonds is 10. The number of benzene rings is 2. The lowest BCUT2D eigenvalue weighted by Crippen LogP contribution is -2.30. The van der Waals surface area contributed by atoms with Crippen molar-refractivity contribution < 1.29 is 27.4 Å². The van der Waals surface area contributed by atoms with Crippen LogP contribution in [0.25, 0.3) is 44.3 Å². The van der Waals surface area contributed by atoms with Gasteiger partial charge in [0.15, 0.2) is 5.60 Å². The van der Waals surface area contributed by atoms with E-state index < -0.39 is 11.3 Å². The average Bonchev–Trinajstić information content (AvgIpc) is 3.83. The number of fused-ring (bicyclic) bond motifs is 2. The molecule has 0 aliphatic heterocycles. The minimum Gasteiger partial charge on any atom is -0.445 e. The van der Waals surface area contributed by atoms with Crippen molar-refractivity contribution in [1.82, 2.24) is 50.2 Å². The number of hydrogen-bond acceptors (Lipinski definition) is 13. The van der Waals surface area contributed by atoms with Gasteiger partial charge >= 0.3 is 0 Å². The van der Waals surface area contributed by atoms with Gasteiger partial charge in [0.05, 0.1) is 45.8 Å². The number of halogens is 1. The molecule has 320 valence electrons. The first kappa shape index (κ1) is 39.3. The molecular weight excluding hydrogens is 816 g/mol. The van der Waals surface area contributed by atoms with Gasteiger partial charge in [0, 0.05) is 70.0 Å². The second kappa shape index (κ2) is 15.0. The normalized spacial score (nSPS) is 15.8. The number of nitrogens with zero attached hydrogens (tertiary/aromatic N) is 8. The summed E-state index contributed by atoms with van der Waals surface area (Å²) in [5, 5.41) is 20.4. The van der Waals surface area contributed by atoms with E-state index in [9.17, 15) is 5.11 Å². The molecular formula is C48H41FN10O5. The Hall–Kier alpha value is -7.59. The van der Waals surface area contributed by atoms with Gasteiger partial charge in [-0.3, -0.25) is 9.97 Å². The molecule has 2 atom stereocenters. The van der Waals surface area contributed by atoms with Crippen LogP contribution in [0.4, 0.5) is 4.39 Å². The van der Waals surface area contributed by atoms with Crippen LogP contribution in [0.5, 0.6) is 0 Å². The van der Waals surface area contributed by atoms with Crippen LogP contribution in [0.1, 0.15) is 106 Å². The number of alkyl halides is 1. The third kappa shape index (κ3) is 6.51. The highest BCUT2D eigenvalue weighted by Gasteiger charge is 2.45. The second-order valence-electron chi connectivity index (χ2n) is 16.6. The number of pyridine rings is 2. The van der Waals surface area contributed by atoms with Crippen molar-refractivity contribution in [1.29, 1.82) is 0 Å². The van der Waals surface area contributed by atoms with E-state index in [0.717, 1.165) is 82.0 Å². The molecule has 64 heavy (non-hydrogen) atoms. The quantitative estimate of drug-likeness (QED) is 0.117. The van der Waals surface area contributed by atoms with Crippen LogP contribution in [-0.2, 0) is 11.3 Å². The molecule has 3 N–H and O–H groups in total. The zero-order valence-corrected chi connectivity index (χ0v) is 35.3. The smallest absolute Gasteiger partial charge is 0.241 e. The van der Waals surface area contributed by atoms with Crippen molar-refractivity contribution in [2.24, 2.45) is 0 Å². The number of aliphatic hydroxyl groups is 1. The molecule has 8 aromatic heterocycles. The Labute approximate surface area is 364 Å². The van der Waals surface area contributed by atoms with Crippen molar-refractivity contribution in [3.05, 3.63) is 167 Å². The van der Waals surface area contributed by atoms with Crippen molar-refractivity contribution in [3.63, 3.8) is 0 Å². The number of imidazole rings is 2. The van der Waals surface area contributed by atoms with Gasteiger partial charge in [-0.15, -0.1) is 0 Å². The van der Waals surface area contributed by atoms with E-state index in [1.54, 1.807) is 48.9 Å². The Kier molecular flexibility index (Phi) is 9.23. The van der Waals surface area contributed by atoms with E-state index in [0.29, 0.717) is 56.6 Å². The summed E-state index contributed by atoms with van der Waals surface area (Å²) in [6.07, 6.45) is 16.5. The molecule has 2 aliphatic rings. The lowest BCUT2D eigenvalue weighted by molar-refractivity contribution is 0.0938. The number of H-pyrrole nitrogens is 2. The molecule has 2 aromatic carbocycles. The van der Waals surface area contributed by atoms with E-state index in [4.69, 9.17) is 27.8 Å². The highest BCUT2D eigenvalue weighted by atomic mass is 19.1. The van der Waals surface area contributed by atoms with E-state index in [1.165, 1.54) is 31.1 Å². The van der Waals surface area contributed by atoms with Crippen LogP contribution in [0.2, 0.25) is 0 Å². The Morgan fingerprint density at radius 1 is 0.641 bits per heavy atom. The highest BCUT2D eigenvalue weighted by molar-refractivity contribution is 5.89. The molecule has 10 aromatic rings. The van der Waals surface area contributed by atoms with Gasteiger partial charge < -0.3 is 33.0 Å². The fourth-order valence-electron chi connectivity index (χ4n) is 8.72. The predicted octanol–water partition coefficient (Wildman–Crippen LogP) is 9.74. The summed E-state index contributed by atoms with van der Waals surface area (Å²) >= 11 is 0. The summed E-state index contributed by atoms with van der Waals surface area (Å²) in [5.41, 5.74) is 5.53. The molecule has 12 rings (SSSR count). The monoisotopic (exact) mass is 856 g/mol. The summed E-state index contributed by atoms with van der Waals surface area (Å²) in [5.74, 6) is 4.05. The summed E-state index contributed by atoms with van der Waals surface area (Å²) in [4.78, 5) is 33.5. The van der Waals surface area contributed by atoms with Gasteiger partial charge in [0.1, 0.15) is 35.7 Å². The second-order valence-corrected chi connectivity index (χ2v) is 16.6. The molecule has 2 fully saturated rings. The number of oxazole rings is 2. The third-order valence-electron chi connectivity index (χ3n) is 12.2. The Morgan fingerprint density at radius 3 is 1.59 bits per heavy atom. The molecule has 2 aliphatic carbocycles. The van der Waals surface area contributed by atoms with Gasteiger partial charge in [-0.2, -0.15) is 0 Å². The third-order valence-corrected chi connectivity index (χ3v) is 12.2. The number of hydrogen-bond donors (Lipinski definition) is 3. The Balaban J connectivity index is 0.000000143. The Bertz CT molecular complexity index is 3020. The molecule has 0 bridgehead atoms. The first-order valence-electron chi connectivity index (χ1n) is 21.1. The number of nitrogens with one attached hydrogen (secondary N) is 2. The van der Waals surface area contributed by atoms with Gasteiger partial charge in [-0.1, -0.05) is 22.4 Å². The van der Waals surface area contributed by atoms with Crippen molar-refractivity contribution in [2.75, 3.05) is 0 Å². The topological polar surface area (TPSA) is 207 Å². The highest BCUT2D eigenvalue weighted by Crippen LogP contribution is 2.47. The molecule has 2 unspecified atom stereocenters. The van der Waals surface area contributed by atoms with E-state index >= 15 is 4.39 Å². The van der Waals surface area contributed by atoms with E-state index in [2.05, 4.69) is 40.2 Å². The lowest BCUT2D eigenvalue weighted by atomic mass is 9.84. The summed E-state index contributed by atoms with van der Waals surface area (Å²) < 4.78 is 39.3. The van der Waals surface area contributed by atoms with Gasteiger partial charge in [-0.25, -0.2) is 24.3 Å². The van der Waals surface area contributed by atoms with Crippen molar-refractivity contribution in [2.45, 2.75) is 76.5 Å². The molecule has 0 amide bonds. The number of aromatic amines is 2. The predicted molar refractivity (Wildman–Crippen MR) is 231 cm³/mol. The molecule has 16 heteroatoms. The Morgan fingerprint density at radius 2 is 1.14 bits per heavy atom. The number of aryl methyl sites for hydroxylation is 4. The van der Waals surface area contributed by atoms with E-state index in [1.807, 2.05) is 45.9 Å². The average molecular weight is 857 g/mol. The van der Waals surface area contributed by atoms with E-state index in [-0.39, 0.29) is 11.8 Å². The molecule has 8 heterocycles. The van der Waals surface area contributed by atoms with Crippen LogP contribution < -0.4 is 0 Å². The first-order chi connectivity index (χ1) is 31.1. The maximum Gasteiger partial charge on any atom is 0.241 e. The lowest BCUT2D eigenvalue weighted by Gasteiger charge is -2.26. The molecule has 0 saturated heterocycles. The van der Waals surface area contributed by atoms with Gasteiger partial charge in [-0.05, 0) is 101 Å². The summed E-state index contributed by atoms with van der Waals surface area (Å²) in [6.45, 7) is 7.50.